The first-order valence-corrected chi connectivity index (χ1v) is 6.73. The lowest BCUT2D eigenvalue weighted by Crippen LogP contribution is -2.30. The summed E-state index contributed by atoms with van der Waals surface area (Å²) >= 11 is 6.15. The number of aryl methyl sites for hydroxylation is 1. The number of anilines is 1. The maximum atomic E-state index is 6.15. The number of rotatable bonds is 4. The van der Waals surface area contributed by atoms with E-state index in [-0.39, 0.29) is 0 Å². The van der Waals surface area contributed by atoms with Crippen LogP contribution in [0.1, 0.15) is 37.6 Å². The van der Waals surface area contributed by atoms with E-state index in [2.05, 4.69) is 28.8 Å². The van der Waals surface area contributed by atoms with Crippen LogP contribution in [-0.4, -0.2) is 23.6 Å². The minimum atomic E-state index is 0.590. The van der Waals surface area contributed by atoms with Gasteiger partial charge in [0, 0.05) is 25.6 Å². The molecule has 1 aromatic rings. The Bertz CT molecular complexity index is 402. The summed E-state index contributed by atoms with van der Waals surface area (Å²) in [4.78, 5) is 11.1. The number of hydrogen-bond acceptors (Lipinski definition) is 3. The summed E-state index contributed by atoms with van der Waals surface area (Å²) < 4.78 is 0. The normalized spacial score (nSPS) is 15.8. The van der Waals surface area contributed by atoms with Crippen molar-refractivity contribution in [3.63, 3.8) is 0 Å². The van der Waals surface area contributed by atoms with Gasteiger partial charge in [-0.05, 0) is 25.7 Å². The molecule has 0 spiro atoms. The van der Waals surface area contributed by atoms with E-state index in [9.17, 15) is 0 Å². The molecule has 0 saturated heterocycles. The summed E-state index contributed by atoms with van der Waals surface area (Å²) in [6.45, 7) is 5.13. The summed E-state index contributed by atoms with van der Waals surface area (Å²) in [5.74, 6) is 2.66. The molecule has 0 amide bonds. The van der Waals surface area contributed by atoms with Gasteiger partial charge in [-0.25, -0.2) is 9.97 Å². The largest absolute Gasteiger partial charge is 0.359 e. The molecule has 0 aromatic carbocycles. The standard InChI is InChI=1S/C13H20ClN3/c1-4-11-15-12(14)9(2)13(16-11)17(3)8-10-6-5-7-10/h10H,4-8H2,1-3H3. The highest BCUT2D eigenvalue weighted by Gasteiger charge is 2.21. The van der Waals surface area contributed by atoms with Crippen LogP contribution < -0.4 is 4.90 Å². The van der Waals surface area contributed by atoms with Crippen molar-refractivity contribution in [3.8, 4) is 0 Å². The van der Waals surface area contributed by atoms with Crippen LogP contribution >= 0.6 is 11.6 Å². The van der Waals surface area contributed by atoms with E-state index in [4.69, 9.17) is 11.6 Å². The summed E-state index contributed by atoms with van der Waals surface area (Å²) in [7, 11) is 2.10. The second-order valence-corrected chi connectivity index (χ2v) is 5.27. The van der Waals surface area contributed by atoms with Crippen LogP contribution in [0.4, 0.5) is 5.82 Å². The molecule has 0 N–H and O–H groups in total. The van der Waals surface area contributed by atoms with Gasteiger partial charge in [-0.1, -0.05) is 24.9 Å². The molecule has 1 aliphatic carbocycles. The van der Waals surface area contributed by atoms with Crippen LogP contribution in [-0.2, 0) is 6.42 Å². The van der Waals surface area contributed by atoms with Crippen molar-refractivity contribution >= 4 is 17.4 Å². The summed E-state index contributed by atoms with van der Waals surface area (Å²) in [6.07, 6.45) is 4.90. The summed E-state index contributed by atoms with van der Waals surface area (Å²) in [5, 5.41) is 0.590. The topological polar surface area (TPSA) is 29.0 Å². The van der Waals surface area contributed by atoms with E-state index in [1.165, 1.54) is 19.3 Å². The maximum absolute atomic E-state index is 6.15. The molecule has 1 heterocycles. The number of hydrogen-bond donors (Lipinski definition) is 0. The Balaban J connectivity index is 2.19. The van der Waals surface area contributed by atoms with E-state index in [0.29, 0.717) is 5.15 Å². The predicted octanol–water partition coefficient (Wildman–Crippen LogP) is 3.24. The van der Waals surface area contributed by atoms with E-state index in [1.54, 1.807) is 0 Å². The van der Waals surface area contributed by atoms with Gasteiger partial charge in [0.05, 0.1) is 0 Å². The van der Waals surface area contributed by atoms with Crippen LogP contribution in [0.15, 0.2) is 0 Å². The van der Waals surface area contributed by atoms with Crippen molar-refractivity contribution in [2.45, 2.75) is 39.5 Å². The average molecular weight is 254 g/mol. The summed E-state index contributed by atoms with van der Waals surface area (Å²) in [5.41, 5.74) is 0.991. The Hall–Kier alpha value is -0.830. The minimum Gasteiger partial charge on any atom is -0.359 e. The Morgan fingerprint density at radius 1 is 1.35 bits per heavy atom. The smallest absolute Gasteiger partial charge is 0.137 e. The highest BCUT2D eigenvalue weighted by molar-refractivity contribution is 6.30. The van der Waals surface area contributed by atoms with Crippen LogP contribution in [0.5, 0.6) is 0 Å². The zero-order valence-corrected chi connectivity index (χ0v) is 11.6. The lowest BCUT2D eigenvalue weighted by Gasteiger charge is -2.31. The fraction of sp³-hybridized carbons (Fsp3) is 0.692. The molecule has 0 atom stereocenters. The van der Waals surface area contributed by atoms with Gasteiger partial charge in [-0.3, -0.25) is 0 Å². The number of nitrogens with zero attached hydrogens (tertiary/aromatic N) is 3. The lowest BCUT2D eigenvalue weighted by atomic mass is 9.85. The molecule has 2 rings (SSSR count). The van der Waals surface area contributed by atoms with E-state index < -0.39 is 0 Å². The number of aromatic nitrogens is 2. The van der Waals surface area contributed by atoms with Crippen LogP contribution in [0.2, 0.25) is 5.15 Å². The zero-order valence-electron chi connectivity index (χ0n) is 10.8. The molecule has 1 fully saturated rings. The first kappa shape index (κ1) is 12.6. The molecule has 0 bridgehead atoms. The molecule has 1 aromatic heterocycles. The second-order valence-electron chi connectivity index (χ2n) is 4.91. The van der Waals surface area contributed by atoms with Gasteiger partial charge in [0.1, 0.15) is 16.8 Å². The summed E-state index contributed by atoms with van der Waals surface area (Å²) in [6, 6.07) is 0. The van der Waals surface area contributed by atoms with Gasteiger partial charge < -0.3 is 4.90 Å². The van der Waals surface area contributed by atoms with Crippen molar-refractivity contribution in [2.24, 2.45) is 5.92 Å². The average Bonchev–Trinajstić information content (AvgIpc) is 2.26. The highest BCUT2D eigenvalue weighted by atomic mass is 35.5. The van der Waals surface area contributed by atoms with Gasteiger partial charge in [0.2, 0.25) is 0 Å². The molecule has 3 nitrogen and oxygen atoms in total. The fourth-order valence-corrected chi connectivity index (χ4v) is 2.38. The third kappa shape index (κ3) is 2.71. The van der Waals surface area contributed by atoms with E-state index in [1.807, 2.05) is 6.92 Å². The monoisotopic (exact) mass is 253 g/mol. The van der Waals surface area contributed by atoms with Crippen LogP contribution in [0.3, 0.4) is 0 Å². The molecular weight excluding hydrogens is 234 g/mol. The van der Waals surface area contributed by atoms with Crippen LogP contribution in [0.25, 0.3) is 0 Å². The first-order valence-electron chi connectivity index (χ1n) is 6.36. The molecule has 0 radical (unpaired) electrons. The van der Waals surface area contributed by atoms with Crippen molar-refractivity contribution in [1.29, 1.82) is 0 Å². The predicted molar refractivity (Wildman–Crippen MR) is 71.8 cm³/mol. The number of halogens is 1. The fourth-order valence-electron chi connectivity index (χ4n) is 2.20. The molecule has 0 unspecified atom stereocenters. The highest BCUT2D eigenvalue weighted by Crippen LogP contribution is 2.29. The van der Waals surface area contributed by atoms with E-state index in [0.717, 1.165) is 36.1 Å². The Morgan fingerprint density at radius 2 is 2.06 bits per heavy atom. The van der Waals surface area contributed by atoms with Gasteiger partial charge in [-0.2, -0.15) is 0 Å². The van der Waals surface area contributed by atoms with Gasteiger partial charge in [0.15, 0.2) is 0 Å². The Labute approximate surface area is 108 Å². The molecule has 17 heavy (non-hydrogen) atoms. The molecule has 4 heteroatoms. The third-order valence-electron chi connectivity index (χ3n) is 3.54. The van der Waals surface area contributed by atoms with Crippen LogP contribution in [0, 0.1) is 12.8 Å². The van der Waals surface area contributed by atoms with Gasteiger partial charge in [-0.15, -0.1) is 0 Å². The zero-order chi connectivity index (χ0) is 12.4. The molecular formula is C13H20ClN3. The van der Waals surface area contributed by atoms with Crippen molar-refractivity contribution in [3.05, 3.63) is 16.5 Å². The minimum absolute atomic E-state index is 0.590. The SMILES string of the molecule is CCc1nc(Cl)c(C)c(N(C)CC2CCC2)n1. The van der Waals surface area contributed by atoms with Gasteiger partial charge in [0.25, 0.3) is 0 Å². The first-order chi connectivity index (χ1) is 8.11. The van der Waals surface area contributed by atoms with Crippen molar-refractivity contribution < 1.29 is 0 Å². The molecule has 1 saturated carbocycles. The third-order valence-corrected chi connectivity index (χ3v) is 3.91. The van der Waals surface area contributed by atoms with Gasteiger partial charge >= 0.3 is 0 Å². The Morgan fingerprint density at radius 3 is 2.59 bits per heavy atom. The molecule has 1 aliphatic rings. The lowest BCUT2D eigenvalue weighted by molar-refractivity contribution is 0.321. The van der Waals surface area contributed by atoms with E-state index >= 15 is 0 Å². The second kappa shape index (κ2) is 5.21. The Kier molecular flexibility index (Phi) is 3.87. The maximum Gasteiger partial charge on any atom is 0.137 e. The molecule has 94 valence electrons. The van der Waals surface area contributed by atoms with Crippen molar-refractivity contribution in [1.82, 2.24) is 9.97 Å². The van der Waals surface area contributed by atoms with Crippen molar-refractivity contribution in [2.75, 3.05) is 18.5 Å². The molecule has 0 aliphatic heterocycles. The quantitative estimate of drug-likeness (QED) is 0.772.